The van der Waals surface area contributed by atoms with Crippen molar-refractivity contribution in [2.24, 2.45) is 0 Å². The number of piperidine rings is 1. The molecule has 1 aliphatic heterocycles. The summed E-state index contributed by atoms with van der Waals surface area (Å²) in [5.41, 5.74) is 3.24. The summed E-state index contributed by atoms with van der Waals surface area (Å²) >= 11 is 0. The number of hydrogen-bond acceptors (Lipinski definition) is 3. The van der Waals surface area contributed by atoms with Gasteiger partial charge in [0.1, 0.15) is 6.04 Å². The number of nitrogens with zero attached hydrogens (tertiary/aromatic N) is 1. The monoisotopic (exact) mass is 349 g/mol. The van der Waals surface area contributed by atoms with Crippen LogP contribution in [-0.2, 0) is 4.79 Å². The minimum Gasteiger partial charge on any atom is -0.372 e. The maximum atomic E-state index is 12.7. The zero-order valence-electron chi connectivity index (χ0n) is 15.2. The van der Waals surface area contributed by atoms with Crippen molar-refractivity contribution < 1.29 is 4.79 Å². The second-order valence-corrected chi connectivity index (χ2v) is 7.37. The van der Waals surface area contributed by atoms with E-state index in [1.54, 1.807) is 0 Å². The molecule has 4 nitrogen and oxygen atoms in total. The molecule has 2 N–H and O–H groups in total. The summed E-state index contributed by atoms with van der Waals surface area (Å²) in [4.78, 5) is 15.2. The van der Waals surface area contributed by atoms with Gasteiger partial charge in [0.15, 0.2) is 0 Å². The van der Waals surface area contributed by atoms with Gasteiger partial charge in [0.2, 0.25) is 5.91 Å². The van der Waals surface area contributed by atoms with Crippen LogP contribution in [0.25, 0.3) is 0 Å². The van der Waals surface area contributed by atoms with Crippen molar-refractivity contribution in [1.29, 1.82) is 0 Å². The molecule has 1 heterocycles. The predicted molar refractivity (Wildman–Crippen MR) is 106 cm³/mol. The first-order chi connectivity index (χ1) is 12.8. The molecule has 4 rings (SSSR count). The highest BCUT2D eigenvalue weighted by molar-refractivity contribution is 5.86. The van der Waals surface area contributed by atoms with Gasteiger partial charge < -0.3 is 15.5 Å². The topological polar surface area (TPSA) is 44.4 Å². The average Bonchev–Trinajstić information content (AvgIpc) is 3.52. The minimum atomic E-state index is -0.363. The van der Waals surface area contributed by atoms with Gasteiger partial charge in [-0.05, 0) is 61.9 Å². The van der Waals surface area contributed by atoms with Crippen molar-refractivity contribution in [2.45, 2.75) is 44.2 Å². The fourth-order valence-electron chi connectivity index (χ4n) is 3.55. The van der Waals surface area contributed by atoms with E-state index in [1.807, 2.05) is 30.3 Å². The highest BCUT2D eigenvalue weighted by Crippen LogP contribution is 2.26. The van der Waals surface area contributed by atoms with Crippen LogP contribution < -0.4 is 15.5 Å². The largest absolute Gasteiger partial charge is 0.372 e. The van der Waals surface area contributed by atoms with Gasteiger partial charge in [-0.25, -0.2) is 0 Å². The third kappa shape index (κ3) is 4.18. The van der Waals surface area contributed by atoms with E-state index in [2.05, 4.69) is 39.8 Å². The van der Waals surface area contributed by atoms with E-state index in [4.69, 9.17) is 0 Å². The fourth-order valence-corrected chi connectivity index (χ4v) is 3.55. The van der Waals surface area contributed by atoms with Gasteiger partial charge in [0, 0.05) is 30.5 Å². The smallest absolute Gasteiger partial charge is 0.247 e. The fraction of sp³-hybridized carbons (Fsp3) is 0.409. The van der Waals surface area contributed by atoms with Gasteiger partial charge in [-0.15, -0.1) is 0 Å². The van der Waals surface area contributed by atoms with E-state index in [0.717, 1.165) is 37.2 Å². The number of carbonyl (C=O) groups is 1. The maximum Gasteiger partial charge on any atom is 0.247 e. The molecule has 2 fully saturated rings. The average molecular weight is 349 g/mol. The number of rotatable bonds is 6. The van der Waals surface area contributed by atoms with Gasteiger partial charge in [-0.1, -0.05) is 30.3 Å². The first-order valence-electron chi connectivity index (χ1n) is 9.76. The Morgan fingerprint density at radius 1 is 0.923 bits per heavy atom. The van der Waals surface area contributed by atoms with Crippen LogP contribution in [0.1, 0.15) is 43.7 Å². The summed E-state index contributed by atoms with van der Waals surface area (Å²) in [5.74, 6) is 0.0545. The van der Waals surface area contributed by atoms with Crippen LogP contribution in [0.3, 0.4) is 0 Å². The van der Waals surface area contributed by atoms with Crippen LogP contribution in [-0.4, -0.2) is 25.0 Å². The van der Waals surface area contributed by atoms with Crippen molar-refractivity contribution in [3.63, 3.8) is 0 Å². The molecule has 1 saturated heterocycles. The molecule has 2 aromatic carbocycles. The Morgan fingerprint density at radius 2 is 1.62 bits per heavy atom. The number of hydrogen-bond donors (Lipinski definition) is 2. The zero-order valence-corrected chi connectivity index (χ0v) is 15.2. The molecule has 1 aliphatic carbocycles. The number of amides is 1. The zero-order chi connectivity index (χ0) is 17.8. The number of benzene rings is 2. The Labute approximate surface area is 155 Å². The van der Waals surface area contributed by atoms with Crippen molar-refractivity contribution in [1.82, 2.24) is 5.32 Å². The Bertz CT molecular complexity index is 719. The van der Waals surface area contributed by atoms with Crippen LogP contribution >= 0.6 is 0 Å². The highest BCUT2D eigenvalue weighted by atomic mass is 16.2. The third-order valence-electron chi connectivity index (χ3n) is 5.22. The maximum absolute atomic E-state index is 12.7. The van der Waals surface area contributed by atoms with E-state index in [9.17, 15) is 4.79 Å². The molecule has 0 spiro atoms. The van der Waals surface area contributed by atoms with Gasteiger partial charge in [0.05, 0.1) is 0 Å². The first-order valence-corrected chi connectivity index (χ1v) is 9.76. The van der Waals surface area contributed by atoms with Crippen molar-refractivity contribution >= 4 is 17.3 Å². The summed E-state index contributed by atoms with van der Waals surface area (Å²) in [7, 11) is 0. The number of nitrogens with one attached hydrogen (secondary N) is 2. The summed E-state index contributed by atoms with van der Waals surface area (Å²) < 4.78 is 0. The van der Waals surface area contributed by atoms with Gasteiger partial charge >= 0.3 is 0 Å². The quantitative estimate of drug-likeness (QED) is 0.825. The van der Waals surface area contributed by atoms with Crippen molar-refractivity contribution in [2.75, 3.05) is 23.3 Å². The first kappa shape index (κ1) is 17.0. The second-order valence-electron chi connectivity index (χ2n) is 7.37. The number of carbonyl (C=O) groups excluding carboxylic acids is 1. The summed E-state index contributed by atoms with van der Waals surface area (Å²) in [6.07, 6.45) is 6.08. The summed E-state index contributed by atoms with van der Waals surface area (Å²) in [6.45, 7) is 2.28. The highest BCUT2D eigenvalue weighted by Gasteiger charge is 2.28. The molecule has 0 bridgehead atoms. The molecule has 2 aliphatic rings. The Hall–Kier alpha value is -2.49. The molecule has 0 radical (unpaired) electrons. The summed E-state index contributed by atoms with van der Waals surface area (Å²) in [5, 5.41) is 6.55. The molecule has 26 heavy (non-hydrogen) atoms. The lowest BCUT2D eigenvalue weighted by molar-refractivity contribution is -0.122. The molecular weight excluding hydrogens is 322 g/mol. The van der Waals surface area contributed by atoms with Crippen LogP contribution in [0.4, 0.5) is 11.4 Å². The van der Waals surface area contributed by atoms with E-state index in [0.29, 0.717) is 6.04 Å². The van der Waals surface area contributed by atoms with Crippen LogP contribution in [0.15, 0.2) is 54.6 Å². The number of anilines is 2. The molecule has 136 valence electrons. The molecule has 1 amide bonds. The lowest BCUT2D eigenvalue weighted by Crippen LogP contribution is -2.34. The lowest BCUT2D eigenvalue weighted by atomic mass is 10.1. The molecule has 4 heteroatoms. The van der Waals surface area contributed by atoms with Gasteiger partial charge in [-0.3, -0.25) is 4.79 Å². The molecule has 0 unspecified atom stereocenters. The molecule has 2 aromatic rings. The molecule has 0 aromatic heterocycles. The van der Waals surface area contributed by atoms with Gasteiger partial charge in [0.25, 0.3) is 0 Å². The van der Waals surface area contributed by atoms with Crippen LogP contribution in [0.5, 0.6) is 0 Å². The van der Waals surface area contributed by atoms with Gasteiger partial charge in [-0.2, -0.15) is 0 Å². The van der Waals surface area contributed by atoms with Crippen LogP contribution in [0.2, 0.25) is 0 Å². The van der Waals surface area contributed by atoms with Crippen molar-refractivity contribution in [3.05, 3.63) is 60.2 Å². The molecular formula is C22H27N3O. The van der Waals surface area contributed by atoms with Crippen molar-refractivity contribution in [3.8, 4) is 0 Å². The Kier molecular flexibility index (Phi) is 5.09. The second kappa shape index (κ2) is 7.81. The Balaban J connectivity index is 1.48. The SMILES string of the molecule is O=C(NC1CC1)[C@@H](Nc1ccc(N2CCCCC2)cc1)c1ccccc1. The van der Waals surface area contributed by atoms with E-state index < -0.39 is 0 Å². The Morgan fingerprint density at radius 3 is 2.27 bits per heavy atom. The van der Waals surface area contributed by atoms with E-state index in [-0.39, 0.29) is 11.9 Å². The summed E-state index contributed by atoms with van der Waals surface area (Å²) in [6, 6.07) is 18.4. The molecule has 1 atom stereocenters. The minimum absolute atomic E-state index is 0.0545. The predicted octanol–water partition coefficient (Wildman–Crippen LogP) is 4.11. The normalized spacial score (nSPS) is 18.2. The standard InChI is InChI=1S/C22H27N3O/c26-22(24-19-9-10-19)21(17-7-3-1-4-8-17)23-18-11-13-20(14-12-18)25-15-5-2-6-16-25/h1,3-4,7-8,11-14,19,21,23H,2,5-6,9-10,15-16H2,(H,24,26)/t21-/m0/s1. The van der Waals surface area contributed by atoms with Crippen LogP contribution in [0, 0.1) is 0 Å². The van der Waals surface area contributed by atoms with E-state index in [1.165, 1.54) is 24.9 Å². The molecule has 1 saturated carbocycles. The van der Waals surface area contributed by atoms with E-state index >= 15 is 0 Å². The third-order valence-corrected chi connectivity index (χ3v) is 5.22. The lowest BCUT2D eigenvalue weighted by Gasteiger charge is -2.29.